The van der Waals surface area contributed by atoms with Crippen molar-refractivity contribution in [3.05, 3.63) is 30.1 Å². The molecule has 47 heteroatoms. The third-order valence-corrected chi connectivity index (χ3v) is 20.2. The lowest BCUT2D eigenvalue weighted by atomic mass is 9.97. The van der Waals surface area contributed by atoms with Crippen molar-refractivity contribution < 1.29 is 139 Å². The Hall–Kier alpha value is -1.81. The Morgan fingerprint density at radius 3 is 0.748 bits per heavy atom. The first-order valence-corrected chi connectivity index (χ1v) is 45.8. The highest BCUT2D eigenvalue weighted by molar-refractivity contribution is 7.99. The van der Waals surface area contributed by atoms with E-state index in [4.69, 9.17) is 18.8 Å². The van der Waals surface area contributed by atoms with Crippen molar-refractivity contribution in [3.8, 4) is 0 Å². The third kappa shape index (κ3) is 59.5. The van der Waals surface area contributed by atoms with Gasteiger partial charge in [-0.2, -0.15) is 58.9 Å². The van der Waals surface area contributed by atoms with E-state index in [1.165, 1.54) is 137 Å². The number of ether oxygens (including phenoxy) is 3. The molecule has 0 radical (unpaired) electrons. The summed E-state index contributed by atoms with van der Waals surface area (Å²) in [6.45, 7) is 67.3. The Bertz CT molecular complexity index is 3040. The Morgan fingerprint density at radius 2 is 0.523 bits per heavy atom. The lowest BCUT2D eigenvalue weighted by Crippen LogP contribution is -2.66. The molecule has 0 amide bonds. The maximum absolute atomic E-state index is 13.6. The summed E-state index contributed by atoms with van der Waals surface area (Å²) < 4.78 is 290. The van der Waals surface area contributed by atoms with Crippen LogP contribution in [0.1, 0.15) is 145 Å². The predicted molar refractivity (Wildman–Crippen MR) is 406 cm³/mol. The quantitative estimate of drug-likeness (QED) is 0.0383. The molecule has 0 bridgehead atoms. The van der Waals surface area contributed by atoms with Crippen molar-refractivity contribution in [3.63, 3.8) is 0 Å². The van der Waals surface area contributed by atoms with E-state index in [2.05, 4.69) is 209 Å². The minimum Gasteiger partial charge on any atom is -0.356 e. The van der Waals surface area contributed by atoms with Gasteiger partial charge in [-0.25, -0.2) is 33.7 Å². The van der Waals surface area contributed by atoms with Crippen molar-refractivity contribution in [2.75, 3.05) is 151 Å². The van der Waals surface area contributed by atoms with E-state index in [1.54, 1.807) is 0 Å². The Kier molecular flexibility index (Phi) is 64.5. The molecule has 2 aliphatic heterocycles. The van der Waals surface area contributed by atoms with Gasteiger partial charge in [0.05, 0.1) is 13.2 Å². The van der Waals surface area contributed by atoms with Crippen LogP contribution in [0.4, 0.5) is 4.39 Å². The van der Waals surface area contributed by atoms with Gasteiger partial charge in [0.15, 0.2) is 12.4 Å². The molecule has 38 nitrogen and oxygen atoms in total. The average molecular weight is 1720 g/mol. The van der Waals surface area contributed by atoms with Gasteiger partial charge in [0.25, 0.3) is 0 Å². The van der Waals surface area contributed by atoms with Crippen molar-refractivity contribution in [1.82, 2.24) is 34.3 Å². The molecule has 1 aromatic rings. The number of rotatable bonds is 41. The van der Waals surface area contributed by atoms with E-state index in [0.717, 1.165) is 24.3 Å². The van der Waals surface area contributed by atoms with Crippen LogP contribution >= 0.6 is 11.8 Å². The van der Waals surface area contributed by atoms with Crippen LogP contribution in [0.2, 0.25) is 0 Å². The summed E-state index contributed by atoms with van der Waals surface area (Å²) in [6.07, 6.45) is -26.8. The van der Waals surface area contributed by atoms with Gasteiger partial charge in [-0.15, -0.1) is 0 Å². The van der Waals surface area contributed by atoms with E-state index in [9.17, 15) is 90.6 Å². The summed E-state index contributed by atoms with van der Waals surface area (Å²) in [4.78, 5) is 16.5. The average Bonchev–Trinajstić information content (AvgIpc) is 0.758. The second-order valence-corrected chi connectivity index (χ2v) is 30.6. The molecule has 7 N–H and O–H groups in total. The zero-order valence-corrected chi connectivity index (χ0v) is 72.6. The van der Waals surface area contributed by atoms with Crippen LogP contribution in [0.25, 0.3) is 0 Å². The Morgan fingerprint density at radius 1 is 0.308 bits per heavy atom. The van der Waals surface area contributed by atoms with Crippen molar-refractivity contribution in [2.24, 2.45) is 0 Å². The Labute approximate surface area is 645 Å². The minimum atomic E-state index is -6.13. The van der Waals surface area contributed by atoms with Crippen LogP contribution in [-0.2, 0) is 116 Å². The standard InChI is InChI=1S/C18H25FO31S8.7C6H15N/c19-7-1-3-8(4-2-7)51-18-16(50-58(38,39)40)13(47-55(29,30)31)11(9(44-18)5-41-52(20,21)22)45-17-15(49-57(35,36)37)14(48-56(32,33)34)12(46-54(26,27)28)10(43-17)6-42-53(23,24)25;7*1-4-7(5-2)6-3/h1-4,9-18H,5-6H2,(H,20,21,22)(H,23,24,25)(H,26,27,28)(H,29,30,31)(H,32,33,34)(H,35,36,37)(H,38,39,40);7*4-6H2,1-3H3/t9-,10-,11-,12-,13+,14+,15-,16-,17-,18+;;;;;;;/m1......./s1. The van der Waals surface area contributed by atoms with E-state index in [-0.39, 0.29) is 16.7 Å². The first kappa shape index (κ1) is 114. The molecule has 10 atom stereocenters. The van der Waals surface area contributed by atoms with Crippen molar-refractivity contribution >= 4 is 84.6 Å². The molecule has 0 spiro atoms. The summed E-state index contributed by atoms with van der Waals surface area (Å²) >= 11 is 0.221. The molecule has 107 heavy (non-hydrogen) atoms. The summed E-state index contributed by atoms with van der Waals surface area (Å²) in [5.41, 5.74) is -2.22. The summed E-state index contributed by atoms with van der Waals surface area (Å²) in [5.74, 6) is -0.866. The Balaban J connectivity index is -0.000000559. The molecule has 2 heterocycles. The van der Waals surface area contributed by atoms with Crippen LogP contribution in [-0.4, -0.2) is 336 Å². The van der Waals surface area contributed by atoms with Crippen LogP contribution in [0.3, 0.4) is 0 Å². The largest absolute Gasteiger partial charge is 0.397 e. The van der Waals surface area contributed by atoms with Gasteiger partial charge in [-0.1, -0.05) is 157 Å². The second-order valence-electron chi connectivity index (χ2n) is 22.0. The van der Waals surface area contributed by atoms with Crippen molar-refractivity contribution in [1.29, 1.82) is 0 Å². The van der Waals surface area contributed by atoms with E-state index < -0.39 is 152 Å². The van der Waals surface area contributed by atoms with Gasteiger partial charge in [0, 0.05) is 4.90 Å². The summed E-state index contributed by atoms with van der Waals surface area (Å²) in [5, 5.41) is 0. The number of thioether (sulfide) groups is 1. The molecular formula is C60H130FN7O31S8. The second kappa shape index (κ2) is 60.7. The van der Waals surface area contributed by atoms with Gasteiger partial charge in [0.1, 0.15) is 54.0 Å². The van der Waals surface area contributed by atoms with E-state index in [0.29, 0.717) is 0 Å². The zero-order chi connectivity index (χ0) is 84.3. The van der Waals surface area contributed by atoms with E-state index >= 15 is 0 Å². The topological polar surface area (TPSA) is 496 Å². The maximum Gasteiger partial charge on any atom is 0.397 e. The number of hydrogen-bond acceptors (Lipinski definition) is 32. The lowest BCUT2D eigenvalue weighted by molar-refractivity contribution is -0.325. The lowest BCUT2D eigenvalue weighted by Gasteiger charge is -2.48. The molecule has 2 fully saturated rings. The normalized spacial score (nSPS) is 20.7. The van der Waals surface area contributed by atoms with E-state index in [1.807, 2.05) is 0 Å². The number of hydrogen-bond donors (Lipinski definition) is 7. The molecule has 0 unspecified atom stereocenters. The predicted octanol–water partition coefficient (Wildman–Crippen LogP) is 5.77. The van der Waals surface area contributed by atoms with Crippen molar-refractivity contribution in [2.45, 2.75) is 211 Å². The molecule has 0 saturated carbocycles. The van der Waals surface area contributed by atoms with Gasteiger partial charge < -0.3 is 48.5 Å². The maximum atomic E-state index is 13.6. The first-order chi connectivity index (χ1) is 49.4. The molecule has 646 valence electrons. The highest BCUT2D eigenvalue weighted by Crippen LogP contribution is 2.41. The monoisotopic (exact) mass is 1720 g/mol. The zero-order valence-electron chi connectivity index (χ0n) is 66.0. The minimum absolute atomic E-state index is 0.149. The fourth-order valence-corrected chi connectivity index (χ4v) is 13.7. The molecule has 3 rings (SSSR count). The van der Waals surface area contributed by atoms with Crippen LogP contribution in [0, 0.1) is 5.82 Å². The SMILES string of the molecule is CCN(CC)CC.CCN(CC)CC.CCN(CC)CC.CCN(CC)CC.CCN(CC)CC.CCN(CC)CC.CCN(CC)CC.O=S(=O)(O)OC[C@H]1O[C@@H](Sc2ccc(F)cc2)[C@H](OS(=O)(=O)O)[C@@H](OS(=O)(=O)O)[C@@H]1O[C@H]1O[C@H](COS(=O)(=O)O)[C@@H](OS(=O)(=O)O)[C@H](OS(=O)(=O)O)[C@H]1OS(=O)(=O)O. The smallest absolute Gasteiger partial charge is 0.356 e. The highest BCUT2D eigenvalue weighted by atomic mass is 32.3. The fraction of sp³-hybridized carbons (Fsp3) is 0.900. The number of nitrogens with zero attached hydrogens (tertiary/aromatic N) is 7. The molecule has 2 aliphatic rings. The van der Waals surface area contributed by atoms with Gasteiger partial charge in [-0.05, 0) is 162 Å². The fourth-order valence-electron chi connectivity index (χ4n) is 9.44. The van der Waals surface area contributed by atoms with Crippen LogP contribution < -0.4 is 0 Å². The van der Waals surface area contributed by atoms with Gasteiger partial charge in [-0.3, -0.25) is 31.9 Å². The number of halogens is 1. The van der Waals surface area contributed by atoms with Crippen LogP contribution in [0.15, 0.2) is 29.2 Å². The molecule has 1 aromatic carbocycles. The highest BCUT2D eigenvalue weighted by Gasteiger charge is 2.59. The molecule has 2 saturated heterocycles. The molecule has 0 aliphatic carbocycles. The summed E-state index contributed by atoms with van der Waals surface area (Å²) in [6, 6.07) is 3.51. The molecule has 0 aromatic heterocycles. The van der Waals surface area contributed by atoms with Gasteiger partial charge in [0.2, 0.25) is 0 Å². The van der Waals surface area contributed by atoms with Crippen LogP contribution in [0.5, 0.6) is 0 Å². The third-order valence-electron chi connectivity index (χ3n) is 15.9. The molecular weight excluding hydrogens is 1590 g/mol. The van der Waals surface area contributed by atoms with Gasteiger partial charge >= 0.3 is 72.8 Å². The summed E-state index contributed by atoms with van der Waals surface area (Å²) in [7, 11) is -41.4. The number of benzene rings is 1. The first-order valence-electron chi connectivity index (χ1n) is 35.4.